The molecule has 1 atom stereocenters. The van der Waals surface area contributed by atoms with Gasteiger partial charge in [0.25, 0.3) is 0 Å². The lowest BCUT2D eigenvalue weighted by Gasteiger charge is -2.42. The van der Waals surface area contributed by atoms with E-state index in [-0.39, 0.29) is 23.1 Å². The highest BCUT2D eigenvalue weighted by Crippen LogP contribution is 2.26. The van der Waals surface area contributed by atoms with Crippen molar-refractivity contribution >= 4 is 11.8 Å². The summed E-state index contributed by atoms with van der Waals surface area (Å²) >= 11 is 0. The van der Waals surface area contributed by atoms with Crippen molar-refractivity contribution in [2.45, 2.75) is 65.5 Å². The average Bonchev–Trinajstić information content (AvgIpc) is 2.72. The third kappa shape index (κ3) is 6.56. The summed E-state index contributed by atoms with van der Waals surface area (Å²) in [6.07, 6.45) is 4.71. The second-order valence-electron chi connectivity index (χ2n) is 9.89. The number of benzene rings is 1. The molecule has 2 fully saturated rings. The third-order valence-corrected chi connectivity index (χ3v) is 6.15. The highest BCUT2D eigenvalue weighted by atomic mass is 16.2. The van der Waals surface area contributed by atoms with Gasteiger partial charge in [-0.2, -0.15) is 0 Å². The predicted octanol–water partition coefficient (Wildman–Crippen LogP) is 3.44. The lowest BCUT2D eigenvalue weighted by atomic mass is 9.90. The van der Waals surface area contributed by atoms with Gasteiger partial charge in [0.2, 0.25) is 11.8 Å². The number of rotatable bonds is 5. The summed E-state index contributed by atoms with van der Waals surface area (Å²) in [5.41, 5.74) is 1.18. The summed E-state index contributed by atoms with van der Waals surface area (Å²) in [5, 5.41) is 3.12. The molecule has 0 bridgehead atoms. The molecule has 5 heteroatoms. The summed E-state index contributed by atoms with van der Waals surface area (Å²) in [4.78, 5) is 29.7. The number of hydrogen-bond acceptors (Lipinski definition) is 3. The van der Waals surface area contributed by atoms with Crippen molar-refractivity contribution in [3.05, 3.63) is 35.9 Å². The summed E-state index contributed by atoms with van der Waals surface area (Å²) in [5.74, 6) is 0.539. The van der Waals surface area contributed by atoms with Gasteiger partial charge in [-0.1, -0.05) is 51.1 Å². The van der Waals surface area contributed by atoms with Crippen molar-refractivity contribution in [2.24, 2.45) is 11.3 Å². The fourth-order valence-corrected chi connectivity index (χ4v) is 4.53. The van der Waals surface area contributed by atoms with Crippen molar-refractivity contribution < 1.29 is 9.59 Å². The van der Waals surface area contributed by atoms with Gasteiger partial charge in [-0.25, -0.2) is 0 Å². The third-order valence-electron chi connectivity index (χ3n) is 6.15. The fraction of sp³-hybridized carbons (Fsp3) is 0.667. The number of carbonyl (C=O) groups is 2. The molecule has 2 saturated heterocycles. The van der Waals surface area contributed by atoms with Crippen LogP contribution in [0.15, 0.2) is 30.3 Å². The highest BCUT2D eigenvalue weighted by Gasteiger charge is 2.33. The van der Waals surface area contributed by atoms with Crippen LogP contribution >= 0.6 is 0 Å². The molecule has 2 aliphatic rings. The van der Waals surface area contributed by atoms with E-state index in [9.17, 15) is 9.59 Å². The van der Waals surface area contributed by atoms with Crippen LogP contribution in [0.2, 0.25) is 0 Å². The minimum atomic E-state index is 0.0428. The topological polar surface area (TPSA) is 52.7 Å². The fourth-order valence-electron chi connectivity index (χ4n) is 4.53. The first kappa shape index (κ1) is 21.8. The molecule has 0 saturated carbocycles. The molecule has 1 N–H and O–H groups in total. The Morgan fingerprint density at radius 1 is 1.03 bits per heavy atom. The van der Waals surface area contributed by atoms with Gasteiger partial charge in [-0.05, 0) is 43.2 Å². The van der Waals surface area contributed by atoms with Gasteiger partial charge >= 0.3 is 0 Å². The van der Waals surface area contributed by atoms with Crippen LogP contribution in [0.25, 0.3) is 0 Å². The smallest absolute Gasteiger partial charge is 0.224 e. The van der Waals surface area contributed by atoms with Crippen LogP contribution in [0.1, 0.15) is 58.4 Å². The number of hydrogen-bond donors (Lipinski definition) is 1. The minimum Gasteiger partial charge on any atom is -0.352 e. The number of carbonyl (C=O) groups excluding carboxylic acids is 2. The van der Waals surface area contributed by atoms with E-state index in [2.05, 4.69) is 31.0 Å². The van der Waals surface area contributed by atoms with Gasteiger partial charge in [-0.15, -0.1) is 0 Å². The average molecular weight is 400 g/mol. The van der Waals surface area contributed by atoms with Crippen LogP contribution in [-0.2, 0) is 16.1 Å². The van der Waals surface area contributed by atoms with Crippen LogP contribution in [0, 0.1) is 11.3 Å². The summed E-state index contributed by atoms with van der Waals surface area (Å²) in [6.45, 7) is 10.6. The Morgan fingerprint density at radius 2 is 1.72 bits per heavy atom. The zero-order chi connectivity index (χ0) is 20.9. The molecule has 29 heavy (non-hydrogen) atoms. The van der Waals surface area contributed by atoms with Crippen LogP contribution in [0.4, 0.5) is 0 Å². The Kier molecular flexibility index (Phi) is 7.33. The summed E-state index contributed by atoms with van der Waals surface area (Å²) < 4.78 is 0. The number of amides is 2. The number of piperidine rings is 2. The normalized spacial score (nSPS) is 21.8. The molecule has 0 spiro atoms. The first-order valence-electron chi connectivity index (χ1n) is 11.2. The lowest BCUT2D eigenvalue weighted by molar-refractivity contribution is -0.134. The maximum absolute atomic E-state index is 12.7. The monoisotopic (exact) mass is 399 g/mol. The molecule has 0 radical (unpaired) electrons. The second kappa shape index (κ2) is 9.75. The zero-order valence-corrected chi connectivity index (χ0v) is 18.3. The van der Waals surface area contributed by atoms with Crippen LogP contribution < -0.4 is 5.32 Å². The maximum atomic E-state index is 12.7. The molecule has 1 aromatic carbocycles. The molecule has 1 aromatic rings. The van der Waals surface area contributed by atoms with E-state index in [0.717, 1.165) is 57.4 Å². The largest absolute Gasteiger partial charge is 0.352 e. The summed E-state index contributed by atoms with van der Waals surface area (Å²) in [7, 11) is 0. The molecular weight excluding hydrogens is 362 g/mol. The van der Waals surface area contributed by atoms with Crippen molar-refractivity contribution in [1.82, 2.24) is 15.1 Å². The van der Waals surface area contributed by atoms with Crippen molar-refractivity contribution in [3.63, 3.8) is 0 Å². The lowest BCUT2D eigenvalue weighted by Crippen LogP contribution is -2.51. The quantitative estimate of drug-likeness (QED) is 0.825. The molecule has 2 aliphatic heterocycles. The summed E-state index contributed by atoms with van der Waals surface area (Å²) in [6, 6.07) is 10.6. The Hall–Kier alpha value is -1.88. The standard InChI is InChI=1S/C24H37N3O2/c1-24(2,3)16-22(28)26-14-11-21(12-15-26)27-13-7-10-20(18-27)23(29)25-17-19-8-5-4-6-9-19/h4-6,8-9,20-21H,7,10-18H2,1-3H3,(H,25,29). The van der Waals surface area contributed by atoms with Crippen LogP contribution in [0.3, 0.4) is 0 Å². The van der Waals surface area contributed by atoms with Crippen molar-refractivity contribution in [2.75, 3.05) is 26.2 Å². The Labute approximate surface area is 175 Å². The van der Waals surface area contributed by atoms with Gasteiger partial charge in [0.1, 0.15) is 0 Å². The predicted molar refractivity (Wildman–Crippen MR) is 116 cm³/mol. The van der Waals surface area contributed by atoms with Crippen molar-refractivity contribution in [3.8, 4) is 0 Å². The van der Waals surface area contributed by atoms with E-state index in [4.69, 9.17) is 0 Å². The molecule has 5 nitrogen and oxygen atoms in total. The van der Waals surface area contributed by atoms with E-state index < -0.39 is 0 Å². The van der Waals surface area contributed by atoms with E-state index >= 15 is 0 Å². The number of nitrogens with one attached hydrogen (secondary N) is 1. The van der Waals surface area contributed by atoms with Gasteiger partial charge in [-0.3, -0.25) is 14.5 Å². The highest BCUT2D eigenvalue weighted by molar-refractivity contribution is 5.79. The van der Waals surface area contributed by atoms with Gasteiger partial charge in [0, 0.05) is 38.6 Å². The maximum Gasteiger partial charge on any atom is 0.224 e. The number of likely N-dealkylation sites (tertiary alicyclic amines) is 2. The minimum absolute atomic E-state index is 0.0428. The van der Waals surface area contributed by atoms with E-state index in [0.29, 0.717) is 19.0 Å². The van der Waals surface area contributed by atoms with Gasteiger partial charge in [0.05, 0.1) is 5.92 Å². The molecule has 160 valence electrons. The SMILES string of the molecule is CC(C)(C)CC(=O)N1CCC(N2CCCC(C(=O)NCc3ccccc3)C2)CC1. The Bertz CT molecular complexity index is 675. The van der Waals surface area contributed by atoms with Crippen LogP contribution in [0.5, 0.6) is 0 Å². The van der Waals surface area contributed by atoms with E-state index in [1.54, 1.807) is 0 Å². The molecule has 3 rings (SSSR count). The van der Waals surface area contributed by atoms with E-state index in [1.807, 2.05) is 35.2 Å². The molecule has 0 aliphatic carbocycles. The first-order chi connectivity index (χ1) is 13.8. The van der Waals surface area contributed by atoms with Crippen molar-refractivity contribution in [1.29, 1.82) is 0 Å². The van der Waals surface area contributed by atoms with Crippen LogP contribution in [-0.4, -0.2) is 53.8 Å². The molecular formula is C24H37N3O2. The van der Waals surface area contributed by atoms with E-state index in [1.165, 1.54) is 0 Å². The zero-order valence-electron chi connectivity index (χ0n) is 18.3. The van der Waals surface area contributed by atoms with Gasteiger partial charge < -0.3 is 10.2 Å². The molecule has 2 amide bonds. The van der Waals surface area contributed by atoms with Gasteiger partial charge in [0.15, 0.2) is 0 Å². The Balaban J connectivity index is 1.45. The molecule has 1 unspecified atom stereocenters. The number of nitrogens with zero attached hydrogens (tertiary/aromatic N) is 2. The Morgan fingerprint density at radius 3 is 2.38 bits per heavy atom. The first-order valence-corrected chi connectivity index (χ1v) is 11.2. The second-order valence-corrected chi connectivity index (χ2v) is 9.89. The molecule has 0 aromatic heterocycles. The molecule has 2 heterocycles.